The van der Waals surface area contributed by atoms with Crippen LogP contribution in [0.4, 0.5) is 0 Å². The molecule has 0 aliphatic heterocycles. The van der Waals surface area contributed by atoms with E-state index < -0.39 is 0 Å². The van der Waals surface area contributed by atoms with Gasteiger partial charge in [-0.3, -0.25) is 9.67 Å². The molecule has 0 aromatic carbocycles. The molecule has 72 valence electrons. The van der Waals surface area contributed by atoms with E-state index in [4.69, 9.17) is 5.11 Å². The smallest absolute Gasteiger partial charge is 0.0938 e. The topological polar surface area (TPSA) is 50.9 Å². The zero-order valence-electron chi connectivity index (χ0n) is 7.88. The van der Waals surface area contributed by atoms with Crippen molar-refractivity contribution in [2.45, 2.75) is 6.61 Å². The summed E-state index contributed by atoms with van der Waals surface area (Å²) in [6, 6.07) is 3.80. The lowest BCUT2D eigenvalue weighted by Gasteiger charge is -1.98. The average Bonchev–Trinajstić information content (AvgIpc) is 2.65. The third-order valence-electron chi connectivity index (χ3n) is 1.99. The van der Waals surface area contributed by atoms with Crippen LogP contribution in [0.5, 0.6) is 0 Å². The first-order valence-corrected chi connectivity index (χ1v) is 4.34. The van der Waals surface area contributed by atoms with E-state index in [0.29, 0.717) is 0 Å². The van der Waals surface area contributed by atoms with Gasteiger partial charge in [-0.05, 0) is 17.7 Å². The van der Waals surface area contributed by atoms with Gasteiger partial charge in [0.05, 0.1) is 12.3 Å². The van der Waals surface area contributed by atoms with Gasteiger partial charge < -0.3 is 5.11 Å². The summed E-state index contributed by atoms with van der Waals surface area (Å²) in [6.07, 6.45) is 5.26. The van der Waals surface area contributed by atoms with Crippen LogP contribution in [0.3, 0.4) is 0 Å². The fourth-order valence-corrected chi connectivity index (χ4v) is 1.28. The van der Waals surface area contributed by atoms with Gasteiger partial charge in [0.25, 0.3) is 0 Å². The molecule has 0 aliphatic rings. The van der Waals surface area contributed by atoms with Crippen LogP contribution in [-0.2, 0) is 13.7 Å². The minimum Gasteiger partial charge on any atom is -0.392 e. The number of aromatic nitrogens is 3. The molecule has 0 amide bonds. The third-order valence-corrected chi connectivity index (χ3v) is 1.99. The van der Waals surface area contributed by atoms with Crippen LogP contribution in [0.1, 0.15) is 5.56 Å². The fraction of sp³-hybridized carbons (Fsp3) is 0.200. The van der Waals surface area contributed by atoms with E-state index >= 15 is 0 Å². The van der Waals surface area contributed by atoms with E-state index in [1.807, 2.05) is 25.4 Å². The van der Waals surface area contributed by atoms with Crippen LogP contribution in [0.25, 0.3) is 11.3 Å². The Labute approximate surface area is 81.8 Å². The highest BCUT2D eigenvalue weighted by Gasteiger charge is 2.01. The predicted molar refractivity (Wildman–Crippen MR) is 52.4 cm³/mol. The van der Waals surface area contributed by atoms with Crippen molar-refractivity contribution in [1.82, 2.24) is 14.8 Å². The molecule has 0 bridgehead atoms. The summed E-state index contributed by atoms with van der Waals surface area (Å²) in [4.78, 5) is 4.03. The number of nitrogens with zero attached hydrogens (tertiary/aromatic N) is 3. The van der Waals surface area contributed by atoms with E-state index in [-0.39, 0.29) is 6.61 Å². The van der Waals surface area contributed by atoms with E-state index in [9.17, 15) is 0 Å². The molecule has 0 saturated carbocycles. The highest BCUT2D eigenvalue weighted by Crippen LogP contribution is 2.16. The van der Waals surface area contributed by atoms with Crippen molar-refractivity contribution in [3.8, 4) is 11.3 Å². The number of aliphatic hydroxyl groups is 1. The van der Waals surface area contributed by atoms with Crippen molar-refractivity contribution in [2.75, 3.05) is 0 Å². The first-order chi connectivity index (χ1) is 6.79. The van der Waals surface area contributed by atoms with Gasteiger partial charge in [0.1, 0.15) is 0 Å². The molecule has 0 aliphatic carbocycles. The van der Waals surface area contributed by atoms with Crippen LogP contribution in [0.15, 0.2) is 30.7 Å². The van der Waals surface area contributed by atoms with Gasteiger partial charge in [0.2, 0.25) is 0 Å². The summed E-state index contributed by atoms with van der Waals surface area (Å²) in [5.41, 5.74) is 2.60. The number of aliphatic hydroxyl groups excluding tert-OH is 1. The Morgan fingerprint density at radius 3 is 2.93 bits per heavy atom. The Kier molecular flexibility index (Phi) is 2.28. The highest BCUT2D eigenvalue weighted by molar-refractivity contribution is 5.57. The van der Waals surface area contributed by atoms with Crippen molar-refractivity contribution in [2.24, 2.45) is 7.05 Å². The summed E-state index contributed by atoms with van der Waals surface area (Å²) >= 11 is 0. The lowest BCUT2D eigenvalue weighted by atomic mass is 10.1. The molecular formula is C10H11N3O. The van der Waals surface area contributed by atoms with Crippen LogP contribution >= 0.6 is 0 Å². The fourth-order valence-electron chi connectivity index (χ4n) is 1.28. The van der Waals surface area contributed by atoms with Crippen molar-refractivity contribution >= 4 is 0 Å². The standard InChI is InChI=1S/C10H11N3O/c1-13-3-2-10(12-13)9-4-8(7-14)5-11-6-9/h2-6,14H,7H2,1H3. The maximum absolute atomic E-state index is 8.95. The lowest BCUT2D eigenvalue weighted by molar-refractivity contribution is 0.281. The first-order valence-electron chi connectivity index (χ1n) is 4.34. The number of rotatable bonds is 2. The lowest BCUT2D eigenvalue weighted by Crippen LogP contribution is -1.90. The van der Waals surface area contributed by atoms with Gasteiger partial charge in [0.15, 0.2) is 0 Å². The maximum atomic E-state index is 8.95. The van der Waals surface area contributed by atoms with Crippen molar-refractivity contribution in [3.05, 3.63) is 36.3 Å². The van der Waals surface area contributed by atoms with Crippen molar-refractivity contribution < 1.29 is 5.11 Å². The second-order valence-corrected chi connectivity index (χ2v) is 3.11. The summed E-state index contributed by atoms with van der Waals surface area (Å²) in [7, 11) is 1.87. The Balaban J connectivity index is 2.41. The molecular weight excluding hydrogens is 178 g/mol. The van der Waals surface area contributed by atoms with Crippen LogP contribution in [0, 0.1) is 0 Å². The minimum atomic E-state index is 0.00761. The quantitative estimate of drug-likeness (QED) is 0.766. The molecule has 2 aromatic heterocycles. The van der Waals surface area contributed by atoms with Crippen LogP contribution < -0.4 is 0 Å². The Hall–Kier alpha value is -1.68. The van der Waals surface area contributed by atoms with E-state index in [2.05, 4.69) is 10.1 Å². The van der Waals surface area contributed by atoms with Gasteiger partial charge in [-0.15, -0.1) is 0 Å². The van der Waals surface area contributed by atoms with Crippen LogP contribution in [0.2, 0.25) is 0 Å². The SMILES string of the molecule is Cn1ccc(-c2cncc(CO)c2)n1. The molecule has 4 nitrogen and oxygen atoms in total. The molecule has 0 saturated heterocycles. The second kappa shape index (κ2) is 3.59. The molecule has 0 fully saturated rings. The summed E-state index contributed by atoms with van der Waals surface area (Å²) in [5, 5.41) is 13.2. The number of aryl methyl sites for hydroxylation is 1. The molecule has 2 heterocycles. The zero-order chi connectivity index (χ0) is 9.97. The minimum absolute atomic E-state index is 0.00761. The second-order valence-electron chi connectivity index (χ2n) is 3.11. The van der Waals surface area contributed by atoms with Crippen molar-refractivity contribution in [1.29, 1.82) is 0 Å². The number of hydrogen-bond donors (Lipinski definition) is 1. The van der Waals surface area contributed by atoms with Gasteiger partial charge in [-0.1, -0.05) is 0 Å². The molecule has 4 heteroatoms. The largest absolute Gasteiger partial charge is 0.392 e. The molecule has 0 atom stereocenters. The third kappa shape index (κ3) is 1.65. The van der Waals surface area contributed by atoms with Crippen molar-refractivity contribution in [3.63, 3.8) is 0 Å². The molecule has 2 rings (SSSR count). The van der Waals surface area contributed by atoms with E-state index in [0.717, 1.165) is 16.8 Å². The average molecular weight is 189 g/mol. The monoisotopic (exact) mass is 189 g/mol. The number of hydrogen-bond acceptors (Lipinski definition) is 3. The molecule has 2 aromatic rings. The zero-order valence-corrected chi connectivity index (χ0v) is 7.88. The van der Waals surface area contributed by atoms with Gasteiger partial charge >= 0.3 is 0 Å². The predicted octanol–water partition coefficient (Wildman–Crippen LogP) is 0.974. The van der Waals surface area contributed by atoms with Crippen LogP contribution in [-0.4, -0.2) is 19.9 Å². The Morgan fingerprint density at radius 2 is 2.29 bits per heavy atom. The van der Waals surface area contributed by atoms with Gasteiger partial charge in [-0.2, -0.15) is 5.10 Å². The van der Waals surface area contributed by atoms with Gasteiger partial charge in [-0.25, -0.2) is 0 Å². The summed E-state index contributed by atoms with van der Waals surface area (Å²) < 4.78 is 1.74. The molecule has 0 spiro atoms. The summed E-state index contributed by atoms with van der Waals surface area (Å²) in [5.74, 6) is 0. The van der Waals surface area contributed by atoms with E-state index in [1.54, 1.807) is 17.1 Å². The number of pyridine rings is 1. The molecule has 14 heavy (non-hydrogen) atoms. The molecule has 0 radical (unpaired) electrons. The maximum Gasteiger partial charge on any atom is 0.0938 e. The normalized spacial score (nSPS) is 10.4. The first kappa shape index (κ1) is 8.90. The molecule has 1 N–H and O–H groups in total. The Morgan fingerprint density at radius 1 is 1.43 bits per heavy atom. The highest BCUT2D eigenvalue weighted by atomic mass is 16.3. The molecule has 0 unspecified atom stereocenters. The van der Waals surface area contributed by atoms with E-state index in [1.165, 1.54) is 0 Å². The summed E-state index contributed by atoms with van der Waals surface area (Å²) in [6.45, 7) is 0.00761. The Bertz CT molecular complexity index is 436. The van der Waals surface area contributed by atoms with Gasteiger partial charge in [0, 0.05) is 31.2 Å².